The minimum atomic E-state index is -0.589. The van der Waals surface area contributed by atoms with Crippen LogP contribution in [0.2, 0.25) is 0 Å². The second-order valence-electron chi connectivity index (χ2n) is 17.8. The van der Waals surface area contributed by atoms with E-state index >= 15 is 0 Å². The molecular formula is C52H46BBrF2N8O6. The highest BCUT2D eigenvalue weighted by Gasteiger charge is 2.52. The number of pyridine rings is 2. The Labute approximate surface area is 408 Å². The molecule has 0 aliphatic carbocycles. The fraction of sp³-hybridized carbons (Fsp3) is 0.192. The van der Waals surface area contributed by atoms with Gasteiger partial charge in [-0.3, -0.25) is 9.97 Å². The number of hydrogen-bond donors (Lipinski definition) is 4. The molecule has 7 heterocycles. The third-order valence-electron chi connectivity index (χ3n) is 12.5. The minimum absolute atomic E-state index is 0.235. The quantitative estimate of drug-likeness (QED) is 0.116. The van der Waals surface area contributed by atoms with Crippen LogP contribution in [0.3, 0.4) is 0 Å². The van der Waals surface area contributed by atoms with Gasteiger partial charge in [0, 0.05) is 55.7 Å². The molecule has 1 saturated heterocycles. The number of H-pyrrole nitrogens is 4. The van der Waals surface area contributed by atoms with Gasteiger partial charge in [0.25, 0.3) is 0 Å². The average Bonchev–Trinajstić information content (AvgIpc) is 4.12. The Kier molecular flexibility index (Phi) is 12.7. The standard InChI is InChI=1S/C23H17FN4O2.C18H22BN3O4.C11H7BrFN/c1-12-20(13(2)30-28-12)15-10-18(22-19(11-15)26-23(29)27-22)17-4-3-9-25-21(17)14-5-7-16(24)8-6-14;1-9-14(10(2)24-22-9)11-7-12(15-13(8-11)20-16(23)21-15)19-25-17(3,4)18(5,6)26-19;12-10-2-1-7-14-11(10)8-3-5-9(13)6-4-8/h3-11H,1-2H3,(H2,26,27,29);7-8H,1-6H3,(H2,20,21,23);1-7H. The summed E-state index contributed by atoms with van der Waals surface area (Å²) in [6, 6.07) is 27.8. The van der Waals surface area contributed by atoms with Crippen LogP contribution in [0.4, 0.5) is 8.78 Å². The van der Waals surface area contributed by atoms with Crippen LogP contribution in [0, 0.1) is 39.3 Å². The predicted octanol–water partition coefficient (Wildman–Crippen LogP) is 11.1. The molecule has 0 unspecified atom stereocenters. The number of aromatic amines is 4. The fourth-order valence-electron chi connectivity index (χ4n) is 8.43. The van der Waals surface area contributed by atoms with Gasteiger partial charge in [-0.1, -0.05) is 22.4 Å². The summed E-state index contributed by atoms with van der Waals surface area (Å²) < 4.78 is 50.1. The summed E-state index contributed by atoms with van der Waals surface area (Å²) in [5.41, 5.74) is 11.9. The van der Waals surface area contributed by atoms with Gasteiger partial charge in [-0.05, 0) is 167 Å². The first-order valence-corrected chi connectivity index (χ1v) is 23.0. The monoisotopic (exact) mass is 1010 g/mol. The van der Waals surface area contributed by atoms with Gasteiger partial charge in [-0.2, -0.15) is 0 Å². The molecule has 4 N–H and O–H groups in total. The lowest BCUT2D eigenvalue weighted by Gasteiger charge is -2.32. The normalized spacial score (nSPS) is 13.8. The van der Waals surface area contributed by atoms with E-state index in [1.165, 1.54) is 24.3 Å². The molecular weight excluding hydrogens is 961 g/mol. The van der Waals surface area contributed by atoms with Crippen molar-refractivity contribution in [3.8, 4) is 55.9 Å². The van der Waals surface area contributed by atoms with Crippen molar-refractivity contribution < 1.29 is 27.1 Å². The maximum atomic E-state index is 13.4. The summed E-state index contributed by atoms with van der Waals surface area (Å²) in [5, 5.41) is 8.08. The Bertz CT molecular complexity index is 3610. The summed E-state index contributed by atoms with van der Waals surface area (Å²) in [7, 11) is -0.589. The van der Waals surface area contributed by atoms with Crippen molar-refractivity contribution >= 4 is 50.6 Å². The Morgan fingerprint density at radius 3 is 1.54 bits per heavy atom. The van der Waals surface area contributed by atoms with E-state index in [9.17, 15) is 18.4 Å². The van der Waals surface area contributed by atoms with E-state index < -0.39 is 18.3 Å². The number of hydrogen-bond acceptors (Lipinski definition) is 10. The zero-order valence-corrected chi connectivity index (χ0v) is 40.9. The summed E-state index contributed by atoms with van der Waals surface area (Å²) in [6.45, 7) is 15.5. The van der Waals surface area contributed by atoms with Crippen LogP contribution in [-0.2, 0) is 9.31 Å². The van der Waals surface area contributed by atoms with Crippen LogP contribution in [0.5, 0.6) is 0 Å². The maximum absolute atomic E-state index is 13.4. The lowest BCUT2D eigenvalue weighted by molar-refractivity contribution is 0.00578. The Morgan fingerprint density at radius 1 is 0.557 bits per heavy atom. The summed E-state index contributed by atoms with van der Waals surface area (Å²) >= 11 is 3.40. The highest BCUT2D eigenvalue weighted by Crippen LogP contribution is 2.40. The number of fused-ring (bicyclic) bond motifs is 2. The van der Waals surface area contributed by atoms with Crippen LogP contribution in [0.15, 0.2) is 133 Å². The number of nitrogens with one attached hydrogen (secondary N) is 4. The first kappa shape index (κ1) is 47.5. The highest BCUT2D eigenvalue weighted by molar-refractivity contribution is 9.10. The van der Waals surface area contributed by atoms with Crippen LogP contribution in [0.1, 0.15) is 50.6 Å². The first-order chi connectivity index (χ1) is 33.4. The van der Waals surface area contributed by atoms with Gasteiger partial charge < -0.3 is 38.3 Å². The number of halogens is 3. The lowest BCUT2D eigenvalue weighted by atomic mass is 9.76. The molecule has 354 valence electrons. The second kappa shape index (κ2) is 18.8. The zero-order valence-electron chi connectivity index (χ0n) is 39.3. The molecule has 1 aliphatic heterocycles. The highest BCUT2D eigenvalue weighted by atomic mass is 79.9. The van der Waals surface area contributed by atoms with Crippen molar-refractivity contribution in [2.24, 2.45) is 0 Å². The van der Waals surface area contributed by atoms with Crippen molar-refractivity contribution in [2.75, 3.05) is 0 Å². The van der Waals surface area contributed by atoms with Gasteiger partial charge in [0.2, 0.25) is 0 Å². The number of aryl methyl sites for hydroxylation is 4. The lowest BCUT2D eigenvalue weighted by Crippen LogP contribution is -2.41. The van der Waals surface area contributed by atoms with Gasteiger partial charge in [0.15, 0.2) is 0 Å². The van der Waals surface area contributed by atoms with Crippen LogP contribution >= 0.6 is 15.9 Å². The number of imidazole rings is 2. The summed E-state index contributed by atoms with van der Waals surface area (Å²) in [6.07, 6.45) is 3.40. The Hall–Kier alpha value is -7.54. The fourth-order valence-corrected chi connectivity index (χ4v) is 8.91. The smallest absolute Gasteiger partial charge is 0.399 e. The second-order valence-corrected chi connectivity index (χ2v) is 18.7. The van der Waals surface area contributed by atoms with E-state index in [2.05, 4.69) is 56.1 Å². The summed E-state index contributed by atoms with van der Waals surface area (Å²) in [4.78, 5) is 44.2. The van der Waals surface area contributed by atoms with E-state index in [1.807, 2.05) is 104 Å². The van der Waals surface area contributed by atoms with E-state index in [-0.39, 0.29) is 23.0 Å². The van der Waals surface area contributed by atoms with Crippen molar-refractivity contribution in [3.05, 3.63) is 169 Å². The summed E-state index contributed by atoms with van der Waals surface area (Å²) in [5.74, 6) is 0.870. The molecule has 4 aromatic carbocycles. The Morgan fingerprint density at radius 2 is 1.03 bits per heavy atom. The van der Waals surface area contributed by atoms with Gasteiger partial charge in [-0.15, -0.1) is 0 Å². The number of nitrogens with zero attached hydrogens (tertiary/aromatic N) is 4. The number of benzene rings is 4. The van der Waals surface area contributed by atoms with Crippen LogP contribution in [0.25, 0.3) is 78.0 Å². The maximum Gasteiger partial charge on any atom is 0.497 e. The van der Waals surface area contributed by atoms with E-state index in [0.717, 1.165) is 77.3 Å². The molecule has 6 aromatic heterocycles. The van der Waals surface area contributed by atoms with Crippen molar-refractivity contribution in [1.29, 1.82) is 0 Å². The first-order valence-electron chi connectivity index (χ1n) is 22.2. The van der Waals surface area contributed by atoms with Gasteiger partial charge in [0.05, 0.1) is 56.0 Å². The topological polar surface area (TPSA) is 194 Å². The minimum Gasteiger partial charge on any atom is -0.399 e. The largest absolute Gasteiger partial charge is 0.497 e. The third-order valence-corrected chi connectivity index (χ3v) is 13.2. The molecule has 0 bridgehead atoms. The third kappa shape index (κ3) is 9.32. The van der Waals surface area contributed by atoms with Crippen LogP contribution < -0.4 is 16.8 Å². The van der Waals surface area contributed by atoms with E-state index in [0.29, 0.717) is 33.5 Å². The molecule has 11 rings (SSSR count). The van der Waals surface area contributed by atoms with Gasteiger partial charge in [0.1, 0.15) is 23.2 Å². The van der Waals surface area contributed by atoms with Gasteiger partial charge in [-0.25, -0.2) is 18.4 Å². The number of aromatic nitrogens is 8. The molecule has 70 heavy (non-hydrogen) atoms. The molecule has 18 heteroatoms. The molecule has 1 aliphatic rings. The van der Waals surface area contributed by atoms with Crippen LogP contribution in [-0.4, -0.2) is 58.5 Å². The zero-order chi connectivity index (χ0) is 49.6. The van der Waals surface area contributed by atoms with E-state index in [1.54, 1.807) is 36.7 Å². The molecule has 1 fully saturated rings. The molecule has 0 radical (unpaired) electrons. The molecule has 10 aromatic rings. The van der Waals surface area contributed by atoms with Gasteiger partial charge >= 0.3 is 18.5 Å². The van der Waals surface area contributed by atoms with Crippen molar-refractivity contribution in [2.45, 2.75) is 66.6 Å². The SMILES string of the molecule is Cc1noc(C)c1-c1cc(-c2cccnc2-c2ccc(F)cc2)c2[nH]c(=O)[nH]c2c1.Cc1noc(C)c1-c1cc(B2OC(C)(C)C(C)(C)O2)c2[nH]c(=O)[nH]c2c1.Fc1ccc(-c2ncccc2Br)cc1. The predicted molar refractivity (Wildman–Crippen MR) is 269 cm³/mol. The molecule has 14 nitrogen and oxygen atoms in total. The molecule has 0 amide bonds. The van der Waals surface area contributed by atoms with Crippen molar-refractivity contribution in [3.63, 3.8) is 0 Å². The van der Waals surface area contributed by atoms with E-state index in [4.69, 9.17) is 18.4 Å². The van der Waals surface area contributed by atoms with Crippen molar-refractivity contribution in [1.82, 2.24) is 40.2 Å². The Balaban J connectivity index is 0.000000139. The number of rotatable bonds is 6. The molecule has 0 spiro atoms. The molecule has 0 atom stereocenters. The average molecular weight is 1010 g/mol. The molecule has 0 saturated carbocycles.